The molecule has 2 aromatic carbocycles. The van der Waals surface area contributed by atoms with Crippen molar-refractivity contribution < 1.29 is 14.3 Å². The van der Waals surface area contributed by atoms with Crippen molar-refractivity contribution in [2.75, 3.05) is 19.0 Å². The van der Waals surface area contributed by atoms with Crippen LogP contribution in [0.4, 0.5) is 5.69 Å². The minimum Gasteiger partial charge on any atom is -0.493 e. The molecule has 0 saturated heterocycles. The summed E-state index contributed by atoms with van der Waals surface area (Å²) in [5, 5.41) is 4.99. The maximum absolute atomic E-state index is 12.7. The van der Waals surface area contributed by atoms with Crippen LogP contribution >= 0.6 is 0 Å². The molecule has 0 fully saturated rings. The Labute approximate surface area is 150 Å². The van der Waals surface area contributed by atoms with E-state index in [1.807, 2.05) is 50.2 Å². The van der Waals surface area contributed by atoms with E-state index in [-0.39, 0.29) is 5.91 Å². The van der Waals surface area contributed by atoms with Crippen molar-refractivity contribution in [2.45, 2.75) is 46.1 Å². The number of nitrogens with one attached hydrogen (secondary N) is 1. The van der Waals surface area contributed by atoms with Gasteiger partial charge < -0.3 is 14.8 Å². The van der Waals surface area contributed by atoms with Crippen molar-refractivity contribution in [3.05, 3.63) is 36.4 Å². The third-order valence-corrected chi connectivity index (χ3v) is 4.36. The Bertz CT molecular complexity index is 726. The fraction of sp³-hybridized carbons (Fsp3) is 0.476. The Morgan fingerprint density at radius 1 is 1.16 bits per heavy atom. The molecule has 2 rings (SSSR count). The van der Waals surface area contributed by atoms with E-state index in [0.29, 0.717) is 18.9 Å². The van der Waals surface area contributed by atoms with Gasteiger partial charge >= 0.3 is 0 Å². The van der Waals surface area contributed by atoms with Gasteiger partial charge in [0, 0.05) is 23.6 Å². The molecular weight excluding hydrogens is 314 g/mol. The number of hydrogen-bond donors (Lipinski definition) is 1. The summed E-state index contributed by atoms with van der Waals surface area (Å²) in [6, 6.07) is 11.8. The topological polar surface area (TPSA) is 47.6 Å². The van der Waals surface area contributed by atoms with Gasteiger partial charge in [-0.25, -0.2) is 0 Å². The molecule has 0 heterocycles. The lowest BCUT2D eigenvalue weighted by atomic mass is 9.98. The highest BCUT2D eigenvalue weighted by Crippen LogP contribution is 2.32. The second-order valence-corrected chi connectivity index (χ2v) is 7.00. The highest BCUT2D eigenvalue weighted by molar-refractivity contribution is 6.06. The van der Waals surface area contributed by atoms with E-state index in [1.165, 1.54) is 0 Å². The van der Waals surface area contributed by atoms with Gasteiger partial charge in [-0.15, -0.1) is 0 Å². The van der Waals surface area contributed by atoms with Gasteiger partial charge in [0.25, 0.3) is 5.91 Å². The summed E-state index contributed by atoms with van der Waals surface area (Å²) in [5.41, 5.74) is -0.0558. The first kappa shape index (κ1) is 19.3. The van der Waals surface area contributed by atoms with Gasteiger partial charge in [0.05, 0.1) is 6.61 Å². The van der Waals surface area contributed by atoms with Crippen LogP contribution in [-0.4, -0.2) is 25.2 Å². The lowest BCUT2D eigenvalue weighted by molar-refractivity contribution is -0.136. The van der Waals surface area contributed by atoms with Crippen molar-refractivity contribution in [3.8, 4) is 5.75 Å². The SMILES string of the molecule is CCCC(C)(OC)C(=O)Nc1ccc(OCC(C)C)c2ccccc12. The molecule has 2 aromatic rings. The summed E-state index contributed by atoms with van der Waals surface area (Å²) in [6.07, 6.45) is 1.54. The zero-order valence-electron chi connectivity index (χ0n) is 15.9. The molecule has 0 aliphatic rings. The van der Waals surface area contributed by atoms with E-state index >= 15 is 0 Å². The van der Waals surface area contributed by atoms with E-state index in [9.17, 15) is 4.79 Å². The molecular formula is C21H29NO3. The quantitative estimate of drug-likeness (QED) is 0.732. The molecule has 4 nitrogen and oxygen atoms in total. The zero-order valence-corrected chi connectivity index (χ0v) is 15.9. The predicted octanol–water partition coefficient (Wildman–Crippen LogP) is 5.02. The van der Waals surface area contributed by atoms with E-state index in [2.05, 4.69) is 19.2 Å². The molecule has 1 N–H and O–H groups in total. The molecule has 0 spiro atoms. The number of benzene rings is 2. The average molecular weight is 343 g/mol. The molecule has 0 saturated carbocycles. The number of methoxy groups -OCH3 is 1. The number of carbonyl (C=O) groups is 1. The van der Waals surface area contributed by atoms with Gasteiger partial charge in [-0.2, -0.15) is 0 Å². The van der Waals surface area contributed by atoms with E-state index in [0.717, 1.165) is 28.6 Å². The zero-order chi connectivity index (χ0) is 18.4. The van der Waals surface area contributed by atoms with Gasteiger partial charge in [-0.05, 0) is 31.4 Å². The van der Waals surface area contributed by atoms with Crippen LogP contribution < -0.4 is 10.1 Å². The lowest BCUT2D eigenvalue weighted by Gasteiger charge is -2.26. The summed E-state index contributed by atoms with van der Waals surface area (Å²) in [4.78, 5) is 12.7. The Hall–Kier alpha value is -2.07. The number of rotatable bonds is 8. The van der Waals surface area contributed by atoms with Gasteiger partial charge in [0.2, 0.25) is 0 Å². The first-order valence-electron chi connectivity index (χ1n) is 8.92. The Morgan fingerprint density at radius 2 is 1.84 bits per heavy atom. The molecule has 1 unspecified atom stereocenters. The molecule has 25 heavy (non-hydrogen) atoms. The molecule has 0 aliphatic heterocycles. The van der Waals surface area contributed by atoms with Crippen LogP contribution in [-0.2, 0) is 9.53 Å². The fourth-order valence-corrected chi connectivity index (χ4v) is 2.80. The van der Waals surface area contributed by atoms with Crippen LogP contribution in [0.15, 0.2) is 36.4 Å². The standard InChI is InChI=1S/C21H29NO3/c1-6-13-21(4,24-5)20(23)22-18-11-12-19(25-14-15(2)3)17-10-8-7-9-16(17)18/h7-12,15H,6,13-14H2,1-5H3,(H,22,23). The Morgan fingerprint density at radius 3 is 2.44 bits per heavy atom. The van der Waals surface area contributed by atoms with Crippen LogP contribution in [0.25, 0.3) is 10.8 Å². The van der Waals surface area contributed by atoms with Crippen molar-refractivity contribution in [3.63, 3.8) is 0 Å². The maximum atomic E-state index is 12.7. The fourth-order valence-electron chi connectivity index (χ4n) is 2.80. The predicted molar refractivity (Wildman–Crippen MR) is 103 cm³/mol. The maximum Gasteiger partial charge on any atom is 0.256 e. The minimum absolute atomic E-state index is 0.127. The van der Waals surface area contributed by atoms with Gasteiger partial charge in [0.15, 0.2) is 0 Å². The molecule has 0 bridgehead atoms. The Kier molecular flexibility index (Phi) is 6.43. The first-order valence-corrected chi connectivity index (χ1v) is 8.92. The van der Waals surface area contributed by atoms with Crippen molar-refractivity contribution in [1.82, 2.24) is 0 Å². The van der Waals surface area contributed by atoms with Gasteiger partial charge in [-0.1, -0.05) is 51.5 Å². The monoisotopic (exact) mass is 343 g/mol. The number of anilines is 1. The smallest absolute Gasteiger partial charge is 0.256 e. The third kappa shape index (κ3) is 4.51. The summed E-state index contributed by atoms with van der Waals surface area (Å²) in [6.45, 7) is 8.77. The van der Waals surface area contributed by atoms with E-state index < -0.39 is 5.60 Å². The number of fused-ring (bicyclic) bond motifs is 1. The van der Waals surface area contributed by atoms with Crippen molar-refractivity contribution in [2.24, 2.45) is 5.92 Å². The largest absolute Gasteiger partial charge is 0.493 e. The number of carbonyl (C=O) groups excluding carboxylic acids is 1. The number of amides is 1. The minimum atomic E-state index is -0.831. The molecule has 0 aromatic heterocycles. The second kappa shape index (κ2) is 8.34. The molecule has 1 amide bonds. The summed E-state index contributed by atoms with van der Waals surface area (Å²) >= 11 is 0. The van der Waals surface area contributed by atoms with Crippen molar-refractivity contribution >= 4 is 22.4 Å². The van der Waals surface area contributed by atoms with Crippen LogP contribution in [0.3, 0.4) is 0 Å². The van der Waals surface area contributed by atoms with Gasteiger partial charge in [-0.3, -0.25) is 4.79 Å². The average Bonchev–Trinajstić information content (AvgIpc) is 2.60. The number of hydrogen-bond acceptors (Lipinski definition) is 3. The summed E-state index contributed by atoms with van der Waals surface area (Å²) < 4.78 is 11.4. The van der Waals surface area contributed by atoms with Crippen LogP contribution in [0.5, 0.6) is 5.75 Å². The van der Waals surface area contributed by atoms with E-state index in [4.69, 9.17) is 9.47 Å². The molecule has 0 aliphatic carbocycles. The van der Waals surface area contributed by atoms with Crippen LogP contribution in [0, 0.1) is 5.92 Å². The normalized spacial score (nSPS) is 13.7. The third-order valence-electron chi connectivity index (χ3n) is 4.36. The highest BCUT2D eigenvalue weighted by atomic mass is 16.5. The summed E-state index contributed by atoms with van der Waals surface area (Å²) in [7, 11) is 1.58. The van der Waals surface area contributed by atoms with Crippen LogP contribution in [0.1, 0.15) is 40.5 Å². The number of ether oxygens (including phenoxy) is 2. The lowest BCUT2D eigenvalue weighted by Crippen LogP contribution is -2.41. The molecule has 0 radical (unpaired) electrons. The highest BCUT2D eigenvalue weighted by Gasteiger charge is 2.32. The van der Waals surface area contributed by atoms with Crippen molar-refractivity contribution in [1.29, 1.82) is 0 Å². The Balaban J connectivity index is 2.33. The van der Waals surface area contributed by atoms with Gasteiger partial charge in [0.1, 0.15) is 11.4 Å². The first-order chi connectivity index (χ1) is 11.9. The van der Waals surface area contributed by atoms with Crippen LogP contribution in [0.2, 0.25) is 0 Å². The molecule has 1 atom stereocenters. The van der Waals surface area contributed by atoms with E-state index in [1.54, 1.807) is 7.11 Å². The second-order valence-electron chi connectivity index (χ2n) is 7.00. The molecule has 4 heteroatoms. The molecule has 136 valence electrons. The summed E-state index contributed by atoms with van der Waals surface area (Å²) in [5.74, 6) is 1.16.